The fourth-order valence-electron chi connectivity index (χ4n) is 1.90. The Balaban J connectivity index is 2.91. The van der Waals surface area contributed by atoms with E-state index in [2.05, 4.69) is 5.32 Å². The first-order valence-corrected chi connectivity index (χ1v) is 7.20. The van der Waals surface area contributed by atoms with E-state index in [0.717, 1.165) is 0 Å². The van der Waals surface area contributed by atoms with Crippen LogP contribution in [0.5, 0.6) is 11.5 Å². The van der Waals surface area contributed by atoms with Crippen molar-refractivity contribution in [2.24, 2.45) is 0 Å². The molecule has 0 bridgehead atoms. The molecular weight excluding hydrogens is 294 g/mol. The lowest BCUT2D eigenvalue weighted by Crippen LogP contribution is -2.42. The summed E-state index contributed by atoms with van der Waals surface area (Å²) in [6, 6.07) is 3.06. The van der Waals surface area contributed by atoms with Gasteiger partial charge in [0, 0.05) is 12.1 Å². The zero-order chi connectivity index (χ0) is 16.0. The third kappa shape index (κ3) is 4.25. The van der Waals surface area contributed by atoms with E-state index in [1.165, 1.54) is 20.3 Å². The van der Waals surface area contributed by atoms with E-state index in [1.54, 1.807) is 6.07 Å². The minimum Gasteiger partial charge on any atom is -0.493 e. The summed E-state index contributed by atoms with van der Waals surface area (Å²) in [4.78, 5) is 12.2. The highest BCUT2D eigenvalue weighted by molar-refractivity contribution is 6.32. The highest BCUT2D eigenvalue weighted by Gasteiger charge is 2.23. The molecule has 0 aliphatic heterocycles. The summed E-state index contributed by atoms with van der Waals surface area (Å²) in [5, 5.41) is 13.2. The normalized spacial score (nSPS) is 11.1. The highest BCUT2D eigenvalue weighted by Crippen LogP contribution is 2.35. The molecular formula is C15H22ClNO4. The first-order chi connectivity index (χ1) is 9.90. The van der Waals surface area contributed by atoms with E-state index in [1.807, 2.05) is 13.8 Å². The molecule has 1 aromatic carbocycles. The van der Waals surface area contributed by atoms with Crippen molar-refractivity contribution in [2.75, 3.05) is 20.8 Å². The van der Waals surface area contributed by atoms with Crippen LogP contribution < -0.4 is 14.8 Å². The molecule has 6 heteroatoms. The fourth-order valence-corrected chi connectivity index (χ4v) is 2.18. The molecule has 1 rings (SSSR count). The average Bonchev–Trinajstić information content (AvgIpc) is 2.51. The van der Waals surface area contributed by atoms with Crippen LogP contribution in [-0.4, -0.2) is 37.4 Å². The summed E-state index contributed by atoms with van der Waals surface area (Å²) < 4.78 is 10.3. The molecule has 0 saturated heterocycles. The summed E-state index contributed by atoms with van der Waals surface area (Å²) in [6.45, 7) is 3.94. The molecule has 118 valence electrons. The van der Waals surface area contributed by atoms with E-state index >= 15 is 0 Å². The number of benzene rings is 1. The maximum atomic E-state index is 12.2. The molecule has 2 N–H and O–H groups in total. The Kier molecular flexibility index (Phi) is 6.30. The highest BCUT2D eigenvalue weighted by atomic mass is 35.5. The predicted molar refractivity (Wildman–Crippen MR) is 82.4 cm³/mol. The molecule has 0 heterocycles. The van der Waals surface area contributed by atoms with Crippen LogP contribution in [0.25, 0.3) is 0 Å². The molecule has 0 aromatic heterocycles. The molecule has 0 spiro atoms. The monoisotopic (exact) mass is 315 g/mol. The van der Waals surface area contributed by atoms with Gasteiger partial charge in [-0.1, -0.05) is 25.4 Å². The number of aliphatic hydroxyl groups is 1. The number of carbonyl (C=O) groups is 1. The summed E-state index contributed by atoms with van der Waals surface area (Å²) in [5.41, 5.74) is -0.539. The van der Waals surface area contributed by atoms with Crippen molar-refractivity contribution < 1.29 is 19.4 Å². The minimum absolute atomic E-state index is 0.185. The van der Waals surface area contributed by atoms with Gasteiger partial charge in [0.2, 0.25) is 0 Å². The first kappa shape index (κ1) is 17.6. The number of amides is 1. The predicted octanol–water partition coefficient (Wildman–Crippen LogP) is 2.64. The van der Waals surface area contributed by atoms with Crippen LogP contribution in [0.1, 0.15) is 37.0 Å². The summed E-state index contributed by atoms with van der Waals surface area (Å²) in [6.07, 6.45) is 1.13. The molecule has 1 aromatic rings. The van der Waals surface area contributed by atoms with Gasteiger partial charge < -0.3 is 19.9 Å². The van der Waals surface area contributed by atoms with E-state index in [0.29, 0.717) is 34.9 Å². The van der Waals surface area contributed by atoms with Crippen LogP contribution in [0, 0.1) is 0 Å². The van der Waals surface area contributed by atoms with E-state index in [9.17, 15) is 9.90 Å². The van der Waals surface area contributed by atoms with Crippen molar-refractivity contribution in [3.8, 4) is 11.5 Å². The van der Waals surface area contributed by atoms with Crippen LogP contribution >= 0.6 is 11.6 Å². The first-order valence-electron chi connectivity index (χ1n) is 6.82. The molecule has 0 aliphatic rings. The number of ether oxygens (including phenoxy) is 2. The van der Waals surface area contributed by atoms with Crippen molar-refractivity contribution in [3.05, 3.63) is 22.7 Å². The van der Waals surface area contributed by atoms with E-state index in [4.69, 9.17) is 21.1 Å². The molecule has 5 nitrogen and oxygen atoms in total. The lowest BCUT2D eigenvalue weighted by molar-refractivity contribution is 0.0314. The Morgan fingerprint density at radius 1 is 1.29 bits per heavy atom. The van der Waals surface area contributed by atoms with Crippen molar-refractivity contribution in [1.29, 1.82) is 0 Å². The molecule has 0 unspecified atom stereocenters. The topological polar surface area (TPSA) is 67.8 Å². The minimum atomic E-state index is -0.893. The molecule has 0 atom stereocenters. The van der Waals surface area contributed by atoms with Crippen molar-refractivity contribution >= 4 is 17.5 Å². The standard InChI is InChI=1S/C15H22ClNO4/c1-5-15(19,6-2)9-17-14(18)10-7-11(16)13(21-4)12(8-10)20-3/h7-8,19H,5-6,9H2,1-4H3,(H,17,18). The summed E-state index contributed by atoms with van der Waals surface area (Å²) >= 11 is 6.07. The number of rotatable bonds is 7. The molecule has 1 amide bonds. The van der Waals surface area contributed by atoms with E-state index < -0.39 is 5.60 Å². The molecule has 0 aliphatic carbocycles. The summed E-state index contributed by atoms with van der Waals surface area (Å²) in [7, 11) is 2.95. The number of halogens is 1. The zero-order valence-electron chi connectivity index (χ0n) is 12.8. The number of methoxy groups -OCH3 is 2. The van der Waals surface area contributed by atoms with Gasteiger partial charge >= 0.3 is 0 Å². The van der Waals surface area contributed by atoms with Gasteiger partial charge in [0.15, 0.2) is 11.5 Å². The van der Waals surface area contributed by atoms with Crippen LogP contribution in [0.4, 0.5) is 0 Å². The van der Waals surface area contributed by atoms with Crippen LogP contribution in [0.2, 0.25) is 5.02 Å². The third-order valence-electron chi connectivity index (χ3n) is 3.59. The maximum Gasteiger partial charge on any atom is 0.251 e. The van der Waals surface area contributed by atoms with Crippen LogP contribution in [0.15, 0.2) is 12.1 Å². The van der Waals surface area contributed by atoms with Crippen molar-refractivity contribution in [2.45, 2.75) is 32.3 Å². The fraction of sp³-hybridized carbons (Fsp3) is 0.533. The second-order valence-corrected chi connectivity index (χ2v) is 5.21. The molecule has 0 fully saturated rings. The number of hydrogen-bond donors (Lipinski definition) is 2. The van der Waals surface area contributed by atoms with Crippen LogP contribution in [-0.2, 0) is 0 Å². The van der Waals surface area contributed by atoms with Gasteiger partial charge in [-0.2, -0.15) is 0 Å². The molecule has 0 saturated carbocycles. The van der Waals surface area contributed by atoms with Gasteiger partial charge in [-0.3, -0.25) is 4.79 Å². The quantitative estimate of drug-likeness (QED) is 0.811. The lowest BCUT2D eigenvalue weighted by atomic mass is 9.97. The van der Waals surface area contributed by atoms with Crippen molar-refractivity contribution in [1.82, 2.24) is 5.32 Å². The maximum absolute atomic E-state index is 12.2. The third-order valence-corrected chi connectivity index (χ3v) is 3.87. The summed E-state index contributed by atoms with van der Waals surface area (Å²) in [5.74, 6) is 0.448. The van der Waals surface area contributed by atoms with Gasteiger partial charge in [-0.05, 0) is 25.0 Å². The largest absolute Gasteiger partial charge is 0.493 e. The van der Waals surface area contributed by atoms with E-state index in [-0.39, 0.29) is 12.5 Å². The van der Waals surface area contributed by atoms with Gasteiger partial charge in [0.25, 0.3) is 5.91 Å². The average molecular weight is 316 g/mol. The van der Waals surface area contributed by atoms with Gasteiger partial charge in [-0.25, -0.2) is 0 Å². The Morgan fingerprint density at radius 3 is 2.38 bits per heavy atom. The lowest BCUT2D eigenvalue weighted by Gasteiger charge is -2.25. The zero-order valence-corrected chi connectivity index (χ0v) is 13.6. The second kappa shape index (κ2) is 7.52. The Labute approximate surface area is 130 Å². The SMILES string of the molecule is CCC(O)(CC)CNC(=O)c1cc(Cl)c(OC)c(OC)c1. The van der Waals surface area contributed by atoms with Gasteiger partial charge in [0.05, 0.1) is 24.8 Å². The van der Waals surface area contributed by atoms with Gasteiger partial charge in [0.1, 0.15) is 0 Å². The Morgan fingerprint density at radius 2 is 1.90 bits per heavy atom. The number of carbonyl (C=O) groups excluding carboxylic acids is 1. The Hall–Kier alpha value is -1.46. The number of nitrogens with one attached hydrogen (secondary N) is 1. The van der Waals surface area contributed by atoms with Crippen molar-refractivity contribution in [3.63, 3.8) is 0 Å². The molecule has 0 radical (unpaired) electrons. The van der Waals surface area contributed by atoms with Gasteiger partial charge in [-0.15, -0.1) is 0 Å². The number of hydrogen-bond acceptors (Lipinski definition) is 4. The van der Waals surface area contributed by atoms with Crippen LogP contribution in [0.3, 0.4) is 0 Å². The second-order valence-electron chi connectivity index (χ2n) is 4.81. The Bertz CT molecular complexity index is 501. The molecule has 21 heavy (non-hydrogen) atoms. The smallest absolute Gasteiger partial charge is 0.251 e.